The summed E-state index contributed by atoms with van der Waals surface area (Å²) in [6.07, 6.45) is 0.611. The minimum atomic E-state index is -1.27. The highest BCUT2D eigenvalue weighted by atomic mass is 19.2. The first-order chi connectivity index (χ1) is 12.8. The highest BCUT2D eigenvalue weighted by Gasteiger charge is 2.44. The van der Waals surface area contributed by atoms with E-state index in [2.05, 4.69) is 0 Å². The maximum absolute atomic E-state index is 13.7. The van der Waals surface area contributed by atoms with Crippen LogP contribution < -0.4 is 5.73 Å². The molecule has 2 aliphatic rings. The Morgan fingerprint density at radius 1 is 1.15 bits per heavy atom. The lowest BCUT2D eigenvalue weighted by molar-refractivity contribution is -0.136. The molecule has 0 bridgehead atoms. The molecule has 0 radical (unpaired) electrons. The molecule has 0 saturated carbocycles. The quantitative estimate of drug-likeness (QED) is 0.719. The molecule has 2 fully saturated rings. The molecule has 1 aromatic rings. The summed E-state index contributed by atoms with van der Waals surface area (Å²) < 4.78 is 40.0. The number of rotatable bonds is 5. The van der Waals surface area contributed by atoms with Crippen molar-refractivity contribution in [3.63, 3.8) is 0 Å². The first-order valence-electron chi connectivity index (χ1n) is 8.87. The summed E-state index contributed by atoms with van der Waals surface area (Å²) in [5, 5.41) is 8.98. The molecule has 3 N–H and O–H groups in total. The van der Waals surface area contributed by atoms with Gasteiger partial charge in [-0.1, -0.05) is 0 Å². The molecule has 1 aromatic carbocycles. The van der Waals surface area contributed by atoms with E-state index in [1.807, 2.05) is 0 Å². The Kier molecular flexibility index (Phi) is 5.71. The van der Waals surface area contributed by atoms with Crippen molar-refractivity contribution in [2.75, 3.05) is 26.2 Å². The van der Waals surface area contributed by atoms with Crippen LogP contribution in [0.1, 0.15) is 18.4 Å². The molecule has 2 heterocycles. The second kappa shape index (κ2) is 7.85. The first kappa shape index (κ1) is 19.6. The Bertz CT molecular complexity index is 746. The van der Waals surface area contributed by atoms with Crippen LogP contribution in [0.5, 0.6) is 0 Å². The zero-order chi connectivity index (χ0) is 19.7. The van der Waals surface area contributed by atoms with E-state index in [0.29, 0.717) is 25.7 Å². The monoisotopic (exact) mass is 385 g/mol. The fraction of sp³-hybridized carbons (Fsp3) is 0.556. The summed E-state index contributed by atoms with van der Waals surface area (Å²) in [5.74, 6) is -3.73. The maximum atomic E-state index is 13.7. The van der Waals surface area contributed by atoms with E-state index in [1.165, 1.54) is 0 Å². The molecule has 0 aliphatic carbocycles. The van der Waals surface area contributed by atoms with Crippen LogP contribution in [-0.2, 0) is 16.0 Å². The van der Waals surface area contributed by atoms with Crippen molar-refractivity contribution in [3.8, 4) is 0 Å². The molecule has 3 rings (SSSR count). The van der Waals surface area contributed by atoms with Gasteiger partial charge in [-0.15, -0.1) is 0 Å². The van der Waals surface area contributed by atoms with Gasteiger partial charge in [0.25, 0.3) is 0 Å². The van der Waals surface area contributed by atoms with Crippen LogP contribution in [-0.4, -0.2) is 65.0 Å². The van der Waals surface area contributed by atoms with Crippen LogP contribution in [0.15, 0.2) is 12.1 Å². The predicted octanol–water partition coefficient (Wildman–Crippen LogP) is 0.415. The van der Waals surface area contributed by atoms with Crippen LogP contribution >= 0.6 is 0 Å². The number of aliphatic hydroxyl groups is 1. The van der Waals surface area contributed by atoms with Gasteiger partial charge in [0.05, 0.1) is 6.04 Å². The van der Waals surface area contributed by atoms with E-state index in [4.69, 9.17) is 10.8 Å². The Balaban J connectivity index is 1.59. The van der Waals surface area contributed by atoms with Crippen molar-refractivity contribution >= 4 is 11.8 Å². The average molecular weight is 385 g/mol. The molecular formula is C18H22F3N3O3. The maximum Gasteiger partial charge on any atom is 0.248 e. The number of nitrogens with two attached hydrogens (primary N) is 1. The van der Waals surface area contributed by atoms with Crippen molar-refractivity contribution in [3.05, 3.63) is 35.1 Å². The number of nitrogens with zero attached hydrogens (tertiary/aromatic N) is 2. The number of carbonyl (C=O) groups excluding carboxylic acids is 2. The van der Waals surface area contributed by atoms with E-state index in [0.717, 1.165) is 12.5 Å². The largest absolute Gasteiger partial charge is 0.387 e. The number of amides is 2. The molecule has 0 spiro atoms. The third-order valence-corrected chi connectivity index (χ3v) is 5.36. The topological polar surface area (TPSA) is 86.9 Å². The van der Waals surface area contributed by atoms with Gasteiger partial charge < -0.3 is 20.6 Å². The Morgan fingerprint density at radius 2 is 1.85 bits per heavy atom. The molecule has 3 unspecified atom stereocenters. The molecule has 2 saturated heterocycles. The first-order valence-corrected chi connectivity index (χ1v) is 8.87. The third-order valence-electron chi connectivity index (χ3n) is 5.36. The number of aliphatic hydroxyl groups excluding tert-OH is 1. The molecule has 2 amide bonds. The number of hydrogen-bond acceptors (Lipinski definition) is 4. The van der Waals surface area contributed by atoms with Gasteiger partial charge in [-0.25, -0.2) is 13.2 Å². The molecule has 3 atom stereocenters. The van der Waals surface area contributed by atoms with Crippen LogP contribution in [0, 0.1) is 23.4 Å². The summed E-state index contributed by atoms with van der Waals surface area (Å²) in [6, 6.07) is 0.374. The summed E-state index contributed by atoms with van der Waals surface area (Å²) in [5.41, 5.74) is 5.86. The number of fused-ring (bicyclic) bond motifs is 1. The van der Waals surface area contributed by atoms with Gasteiger partial charge in [0, 0.05) is 44.1 Å². The van der Waals surface area contributed by atoms with Gasteiger partial charge in [0.1, 0.15) is 12.4 Å². The molecule has 0 aromatic heterocycles. The van der Waals surface area contributed by atoms with E-state index in [1.54, 1.807) is 9.80 Å². The van der Waals surface area contributed by atoms with E-state index < -0.39 is 30.1 Å². The highest BCUT2D eigenvalue weighted by Crippen LogP contribution is 2.32. The molecule has 2 aliphatic heterocycles. The van der Waals surface area contributed by atoms with Crippen molar-refractivity contribution in [1.29, 1.82) is 0 Å². The summed E-state index contributed by atoms with van der Waals surface area (Å²) >= 11 is 0. The van der Waals surface area contributed by atoms with Crippen LogP contribution in [0.4, 0.5) is 13.2 Å². The molecule has 148 valence electrons. The van der Waals surface area contributed by atoms with E-state index in [9.17, 15) is 22.8 Å². The van der Waals surface area contributed by atoms with Crippen LogP contribution in [0.2, 0.25) is 0 Å². The zero-order valence-electron chi connectivity index (χ0n) is 14.7. The SMILES string of the molecule is NC(CC(=O)N1CCC2CN(C(=O)CO)CC21)Cc1cc(F)c(F)cc1F. The number of hydrogen-bond donors (Lipinski definition) is 2. The smallest absolute Gasteiger partial charge is 0.248 e. The van der Waals surface area contributed by atoms with E-state index >= 15 is 0 Å². The molecule has 6 nitrogen and oxygen atoms in total. The standard InChI is InChI=1S/C18H22F3N3O3/c19-13-6-15(21)14(20)4-11(13)3-12(22)5-17(26)24-2-1-10-7-23(8-16(10)24)18(27)9-25/h4,6,10,12,16,25H,1-3,5,7-9,22H2. The minimum Gasteiger partial charge on any atom is -0.387 e. The minimum absolute atomic E-state index is 0.0599. The Morgan fingerprint density at radius 3 is 2.56 bits per heavy atom. The summed E-state index contributed by atoms with van der Waals surface area (Å²) in [4.78, 5) is 27.5. The van der Waals surface area contributed by atoms with Gasteiger partial charge in [0.2, 0.25) is 11.8 Å². The van der Waals surface area contributed by atoms with Crippen LogP contribution in [0.25, 0.3) is 0 Å². The predicted molar refractivity (Wildman–Crippen MR) is 89.9 cm³/mol. The third kappa shape index (κ3) is 4.08. The lowest BCUT2D eigenvalue weighted by Crippen LogP contribution is -2.43. The van der Waals surface area contributed by atoms with E-state index in [-0.39, 0.29) is 42.2 Å². The highest BCUT2D eigenvalue weighted by molar-refractivity contribution is 5.79. The molecular weight excluding hydrogens is 363 g/mol. The van der Waals surface area contributed by atoms with Crippen molar-refractivity contribution < 1.29 is 27.9 Å². The molecule has 9 heteroatoms. The normalized spacial score (nSPS) is 22.9. The Hall–Kier alpha value is -2.13. The van der Waals surface area contributed by atoms with Gasteiger partial charge in [-0.2, -0.15) is 0 Å². The second-order valence-corrected chi connectivity index (χ2v) is 7.19. The van der Waals surface area contributed by atoms with Crippen molar-refractivity contribution in [2.45, 2.75) is 31.3 Å². The van der Waals surface area contributed by atoms with Gasteiger partial charge in [0.15, 0.2) is 11.6 Å². The average Bonchev–Trinajstić information content (AvgIpc) is 3.19. The number of benzene rings is 1. The Labute approximate surface area is 154 Å². The van der Waals surface area contributed by atoms with Gasteiger partial charge in [-0.3, -0.25) is 9.59 Å². The van der Waals surface area contributed by atoms with Gasteiger partial charge in [-0.05, 0) is 24.5 Å². The lowest BCUT2D eigenvalue weighted by atomic mass is 10.0. The summed E-state index contributed by atoms with van der Waals surface area (Å²) in [6.45, 7) is 0.891. The second-order valence-electron chi connectivity index (χ2n) is 7.19. The number of halogens is 3. The number of likely N-dealkylation sites (tertiary alicyclic amines) is 2. The zero-order valence-corrected chi connectivity index (χ0v) is 14.7. The van der Waals surface area contributed by atoms with Crippen molar-refractivity contribution in [1.82, 2.24) is 9.80 Å². The summed E-state index contributed by atoms with van der Waals surface area (Å²) in [7, 11) is 0. The number of carbonyl (C=O) groups is 2. The fourth-order valence-corrected chi connectivity index (χ4v) is 3.99. The van der Waals surface area contributed by atoms with Gasteiger partial charge >= 0.3 is 0 Å². The van der Waals surface area contributed by atoms with Crippen LogP contribution in [0.3, 0.4) is 0 Å². The fourth-order valence-electron chi connectivity index (χ4n) is 3.99. The molecule has 27 heavy (non-hydrogen) atoms. The lowest BCUT2D eigenvalue weighted by Gasteiger charge is -2.26. The van der Waals surface area contributed by atoms with Crippen molar-refractivity contribution in [2.24, 2.45) is 11.7 Å².